The number of ether oxygens (including phenoxy) is 1. The first-order chi connectivity index (χ1) is 18.1. The van der Waals surface area contributed by atoms with Crippen LogP contribution < -0.4 is 9.91 Å². The van der Waals surface area contributed by atoms with Crippen LogP contribution in [-0.4, -0.2) is 42.6 Å². The molecule has 0 saturated carbocycles. The van der Waals surface area contributed by atoms with Gasteiger partial charge in [0.1, 0.15) is 5.60 Å². The molecule has 2 aromatic rings. The summed E-state index contributed by atoms with van der Waals surface area (Å²) in [6.45, 7) is 17.8. The first-order valence-corrected chi connectivity index (χ1v) is 14.1. The molecule has 8 heteroatoms. The number of carbonyl (C=O) groups is 2. The fourth-order valence-corrected chi connectivity index (χ4v) is 2.95. The fraction of sp³-hybridized carbons (Fsp3) is 0.500. The zero-order chi connectivity index (χ0) is 29.9. The van der Waals surface area contributed by atoms with Crippen LogP contribution in [0.1, 0.15) is 79.4 Å². The lowest BCUT2D eigenvalue weighted by molar-refractivity contribution is 0.0335. The molecule has 0 aliphatic carbocycles. The molecule has 0 unspecified atom stereocenters. The largest absolute Gasteiger partial charge is 0.442 e. The number of hydrazine groups is 1. The van der Waals surface area contributed by atoms with E-state index in [0.717, 1.165) is 5.56 Å². The molecule has 0 atom stereocenters. The summed E-state index contributed by atoms with van der Waals surface area (Å²) >= 11 is 3.53. The Morgan fingerprint density at radius 1 is 0.974 bits per heavy atom. The molecule has 0 spiro atoms. The summed E-state index contributed by atoms with van der Waals surface area (Å²) in [5.74, 6) is 0. The molecule has 0 bridgehead atoms. The van der Waals surface area contributed by atoms with Gasteiger partial charge in [0.2, 0.25) is 0 Å². The van der Waals surface area contributed by atoms with E-state index in [4.69, 9.17) is 4.74 Å². The molecule has 2 rings (SSSR count). The van der Waals surface area contributed by atoms with E-state index < -0.39 is 11.7 Å². The number of nitriles is 1. The molecule has 0 fully saturated rings. The predicted octanol–water partition coefficient (Wildman–Crippen LogP) is 8.48. The second-order valence-corrected chi connectivity index (χ2v) is 8.26. The van der Waals surface area contributed by atoms with Gasteiger partial charge in [0.15, 0.2) is 0 Å². The van der Waals surface area contributed by atoms with Gasteiger partial charge >= 0.3 is 12.1 Å². The van der Waals surface area contributed by atoms with Crippen molar-refractivity contribution >= 4 is 36.1 Å². The Bertz CT molecular complexity index is 988. The summed E-state index contributed by atoms with van der Waals surface area (Å²) in [5, 5.41) is 11.9. The highest BCUT2D eigenvalue weighted by Crippen LogP contribution is 2.25. The van der Waals surface area contributed by atoms with E-state index in [1.54, 1.807) is 37.6 Å². The molecule has 0 aliphatic heterocycles. The summed E-state index contributed by atoms with van der Waals surface area (Å²) in [6, 6.07) is 15.8. The molecule has 0 saturated heterocycles. The first-order valence-electron chi connectivity index (χ1n) is 13.2. The fourth-order valence-electron chi connectivity index (χ4n) is 2.95. The SMILES string of the molecule is CC.CC.CCCN(C(=O)N(C)c1ccc(C)cc1)N(C(=O)OC(C)(C)CC)c1cccc(C#N)c1.CS. The van der Waals surface area contributed by atoms with Gasteiger partial charge in [-0.05, 0) is 70.2 Å². The second kappa shape index (κ2) is 19.9. The van der Waals surface area contributed by atoms with Gasteiger partial charge in [0.05, 0.1) is 17.3 Å². The van der Waals surface area contributed by atoms with Gasteiger partial charge in [-0.1, -0.05) is 65.3 Å². The number of benzene rings is 2. The van der Waals surface area contributed by atoms with Crippen LogP contribution >= 0.6 is 12.6 Å². The number of urea groups is 1. The monoisotopic (exact) mass is 544 g/mol. The minimum Gasteiger partial charge on any atom is -0.442 e. The Morgan fingerprint density at radius 2 is 1.53 bits per heavy atom. The highest BCUT2D eigenvalue weighted by atomic mass is 32.1. The standard InChI is InChI=1S/C25H32N4O3.2C2H6.CH4S/c1-7-16-28(23(30)27(6)21-14-12-19(3)13-15-21)29(24(31)32-25(4,5)8-2)22-11-9-10-20(17-22)18-26;3*1-2/h9-15,17H,7-8,16H2,1-6H3;2*1-2H3;2H,1H3. The van der Waals surface area contributed by atoms with Crippen LogP contribution in [0.3, 0.4) is 0 Å². The van der Waals surface area contributed by atoms with Crippen LogP contribution in [-0.2, 0) is 4.74 Å². The topological polar surface area (TPSA) is 76.9 Å². The van der Waals surface area contributed by atoms with Crippen LogP contribution in [0.2, 0.25) is 0 Å². The summed E-state index contributed by atoms with van der Waals surface area (Å²) in [7, 11) is 1.67. The average Bonchev–Trinajstić information content (AvgIpc) is 2.95. The van der Waals surface area contributed by atoms with Gasteiger partial charge in [0.25, 0.3) is 0 Å². The van der Waals surface area contributed by atoms with Crippen molar-refractivity contribution in [1.82, 2.24) is 5.01 Å². The molecule has 7 nitrogen and oxygen atoms in total. The number of anilines is 2. The van der Waals surface area contributed by atoms with Crippen LogP contribution in [0, 0.1) is 18.3 Å². The van der Waals surface area contributed by atoms with Crippen molar-refractivity contribution in [3.05, 3.63) is 59.7 Å². The third kappa shape index (κ3) is 11.5. The maximum Gasteiger partial charge on any atom is 0.434 e. The molecule has 0 heterocycles. The number of amides is 3. The molecule has 2 aromatic carbocycles. The van der Waals surface area contributed by atoms with Gasteiger partial charge in [-0.2, -0.15) is 22.9 Å². The van der Waals surface area contributed by atoms with Crippen LogP contribution in [0.25, 0.3) is 0 Å². The third-order valence-electron chi connectivity index (χ3n) is 5.21. The molecule has 0 N–H and O–H groups in total. The van der Waals surface area contributed by atoms with Crippen LogP contribution in [0.15, 0.2) is 48.5 Å². The quantitative estimate of drug-likeness (QED) is 0.292. The van der Waals surface area contributed by atoms with Gasteiger partial charge in [0, 0.05) is 19.3 Å². The van der Waals surface area contributed by atoms with Crippen molar-refractivity contribution in [3.8, 4) is 6.07 Å². The highest BCUT2D eigenvalue weighted by molar-refractivity contribution is 7.79. The number of hydrogen-bond acceptors (Lipinski definition) is 5. The molecule has 0 aromatic heterocycles. The lowest BCUT2D eigenvalue weighted by Gasteiger charge is -2.38. The van der Waals surface area contributed by atoms with Crippen molar-refractivity contribution in [2.24, 2.45) is 0 Å². The van der Waals surface area contributed by atoms with E-state index in [1.807, 2.05) is 86.6 Å². The summed E-state index contributed by atoms with van der Waals surface area (Å²) < 4.78 is 5.75. The first kappa shape index (κ1) is 37.0. The predicted molar refractivity (Wildman–Crippen MR) is 164 cm³/mol. The minimum absolute atomic E-state index is 0.285. The second-order valence-electron chi connectivity index (χ2n) is 8.26. The number of nitrogens with zero attached hydrogens (tertiary/aromatic N) is 4. The summed E-state index contributed by atoms with van der Waals surface area (Å²) in [5.41, 5.74) is 1.84. The maximum atomic E-state index is 13.6. The van der Waals surface area contributed by atoms with E-state index >= 15 is 0 Å². The molecular formula is C30H48N4O3S. The highest BCUT2D eigenvalue weighted by Gasteiger charge is 2.34. The van der Waals surface area contributed by atoms with Gasteiger partial charge in [-0.25, -0.2) is 14.6 Å². The maximum absolute atomic E-state index is 13.6. The molecule has 212 valence electrons. The van der Waals surface area contributed by atoms with E-state index in [0.29, 0.717) is 29.8 Å². The Kier molecular flexibility index (Phi) is 19.3. The van der Waals surface area contributed by atoms with E-state index in [1.165, 1.54) is 14.9 Å². The Hall–Kier alpha value is -3.18. The van der Waals surface area contributed by atoms with Gasteiger partial charge in [-0.3, -0.25) is 4.90 Å². The van der Waals surface area contributed by atoms with Gasteiger partial charge < -0.3 is 4.74 Å². The number of rotatable bonds is 6. The normalized spacial score (nSPS) is 9.55. The third-order valence-corrected chi connectivity index (χ3v) is 5.21. The summed E-state index contributed by atoms with van der Waals surface area (Å²) in [6.07, 6.45) is 2.24. The van der Waals surface area contributed by atoms with Crippen molar-refractivity contribution in [3.63, 3.8) is 0 Å². The number of aryl methyl sites for hydroxylation is 1. The number of thiol groups is 1. The zero-order valence-corrected chi connectivity index (χ0v) is 26.1. The smallest absolute Gasteiger partial charge is 0.434 e. The summed E-state index contributed by atoms with van der Waals surface area (Å²) in [4.78, 5) is 28.4. The molecule has 0 aliphatic rings. The average molecular weight is 545 g/mol. The molecule has 38 heavy (non-hydrogen) atoms. The number of hydrogen-bond donors (Lipinski definition) is 1. The Labute approximate surface area is 236 Å². The van der Waals surface area contributed by atoms with Gasteiger partial charge in [-0.15, -0.1) is 0 Å². The lowest BCUT2D eigenvalue weighted by Crippen LogP contribution is -2.55. The Balaban J connectivity index is 0. The van der Waals surface area contributed by atoms with Crippen LogP contribution in [0.4, 0.5) is 21.0 Å². The van der Waals surface area contributed by atoms with E-state index in [9.17, 15) is 14.9 Å². The van der Waals surface area contributed by atoms with E-state index in [-0.39, 0.29) is 12.6 Å². The molecule has 3 amide bonds. The zero-order valence-electron chi connectivity index (χ0n) is 25.2. The van der Waals surface area contributed by atoms with E-state index in [2.05, 4.69) is 18.7 Å². The molecule has 0 radical (unpaired) electrons. The lowest BCUT2D eigenvalue weighted by atomic mass is 10.1. The van der Waals surface area contributed by atoms with Crippen molar-refractivity contribution in [2.45, 2.75) is 80.8 Å². The van der Waals surface area contributed by atoms with Crippen LogP contribution in [0.5, 0.6) is 0 Å². The minimum atomic E-state index is -0.716. The Morgan fingerprint density at radius 3 is 2.00 bits per heavy atom. The number of carbonyl (C=O) groups excluding carboxylic acids is 2. The molecular weight excluding hydrogens is 496 g/mol. The van der Waals surface area contributed by atoms with Crippen molar-refractivity contribution in [2.75, 3.05) is 29.8 Å². The van der Waals surface area contributed by atoms with Crippen molar-refractivity contribution < 1.29 is 14.3 Å². The van der Waals surface area contributed by atoms with Crippen molar-refractivity contribution in [1.29, 1.82) is 5.26 Å².